The average Bonchev–Trinajstić information content (AvgIpc) is 3.16. The van der Waals surface area contributed by atoms with Gasteiger partial charge < -0.3 is 24.2 Å². The Bertz CT molecular complexity index is 1810. The SMILES string of the molecule is CCCCCCCCCCc1cc(Oc2ccc(S(=O)(=O)O)cc2)ccc1O.CCCCCCCCCCc1cc(Oc2ccc(S(=O)(=O)[O-])cc2)ccc1[O-].[Ca+2]. The third kappa shape index (κ3) is 20.1. The van der Waals surface area contributed by atoms with Gasteiger partial charge in [-0.25, -0.2) is 8.42 Å². The van der Waals surface area contributed by atoms with E-state index in [1.807, 2.05) is 6.07 Å². The van der Waals surface area contributed by atoms with Gasteiger partial charge >= 0.3 is 37.7 Å². The Balaban J connectivity index is 0.000000387. The minimum Gasteiger partial charge on any atom is -0.872 e. The zero-order chi connectivity index (χ0) is 40.8. The number of benzene rings is 4. The minimum atomic E-state index is -4.47. The molecule has 4 aromatic rings. The van der Waals surface area contributed by atoms with Gasteiger partial charge in [-0.3, -0.25) is 4.55 Å². The molecular weight excluding hydrogens is 793 g/mol. The molecule has 0 spiro atoms. The summed E-state index contributed by atoms with van der Waals surface area (Å²) in [6.07, 6.45) is 21.1. The van der Waals surface area contributed by atoms with E-state index in [-0.39, 0.29) is 59.0 Å². The smallest absolute Gasteiger partial charge is 0.872 e. The van der Waals surface area contributed by atoms with Crippen molar-refractivity contribution in [3.05, 3.63) is 96.1 Å². The topological polar surface area (TPSA) is 173 Å². The molecule has 0 fully saturated rings. The van der Waals surface area contributed by atoms with Gasteiger partial charge in [-0.15, -0.1) is 5.75 Å². The number of phenols is 1. The second-order valence-corrected chi connectivity index (χ2v) is 16.9. The Morgan fingerprint density at radius 3 is 1.32 bits per heavy atom. The fourth-order valence-electron chi connectivity index (χ4n) is 6.17. The van der Waals surface area contributed by atoms with Crippen LogP contribution in [0.4, 0.5) is 0 Å². The summed E-state index contributed by atoms with van der Waals surface area (Å²) in [5.74, 6) is 2.22. The minimum absolute atomic E-state index is 0. The monoisotopic (exact) mass is 850 g/mol. The van der Waals surface area contributed by atoms with Gasteiger partial charge in [-0.1, -0.05) is 115 Å². The van der Waals surface area contributed by atoms with E-state index in [1.54, 1.807) is 24.3 Å². The zero-order valence-corrected chi connectivity index (χ0v) is 37.3. The van der Waals surface area contributed by atoms with Gasteiger partial charge in [-0.05, 0) is 110 Å². The molecule has 0 aliphatic carbocycles. The second kappa shape index (κ2) is 27.0. The third-order valence-corrected chi connectivity index (χ3v) is 11.1. The molecule has 0 aromatic heterocycles. The molecule has 0 aliphatic heterocycles. The molecule has 13 heteroatoms. The zero-order valence-electron chi connectivity index (χ0n) is 33.5. The Kier molecular flexibility index (Phi) is 23.8. The molecule has 0 radical (unpaired) electrons. The summed E-state index contributed by atoms with van der Waals surface area (Å²) in [6, 6.07) is 20.7. The molecule has 0 saturated carbocycles. The number of aromatic hydroxyl groups is 1. The van der Waals surface area contributed by atoms with Gasteiger partial charge in [0.15, 0.2) is 0 Å². The molecule has 4 rings (SSSR count). The largest absolute Gasteiger partial charge is 2.00 e. The Hall–Kier alpha value is -2.84. The number of phenolic OH excluding ortho intramolecular Hbond substituents is 1. The van der Waals surface area contributed by atoms with Gasteiger partial charge in [0, 0.05) is 0 Å². The molecule has 2 N–H and O–H groups in total. The maximum atomic E-state index is 12.1. The van der Waals surface area contributed by atoms with Crippen LogP contribution in [-0.2, 0) is 33.1 Å². The number of unbranched alkanes of at least 4 members (excludes halogenated alkanes) is 14. The van der Waals surface area contributed by atoms with Crippen LogP contribution in [0.5, 0.6) is 34.5 Å². The third-order valence-electron chi connectivity index (χ3n) is 9.39. The molecule has 0 heterocycles. The molecule has 10 nitrogen and oxygen atoms in total. The number of hydrogen-bond donors (Lipinski definition) is 2. The summed E-state index contributed by atoms with van der Waals surface area (Å²) in [4.78, 5) is -0.480. The average molecular weight is 851 g/mol. The van der Waals surface area contributed by atoms with Crippen LogP contribution in [0, 0.1) is 0 Å². The molecule has 308 valence electrons. The van der Waals surface area contributed by atoms with Crippen LogP contribution in [0.1, 0.15) is 128 Å². The standard InChI is InChI=1S/2C22H30O5S.Ca/c2*1-2-3-4-5-6-7-8-9-10-18-17-20(13-16-22(18)23)27-19-11-14-21(15-12-19)28(24,25)26;/h2*11-17,23H,2-10H2,1H3,(H,24,25,26);/q;;+2/p-2. The second-order valence-electron chi connectivity index (χ2n) is 14.1. The molecule has 0 amide bonds. The summed E-state index contributed by atoms with van der Waals surface area (Å²) < 4.78 is 75.5. The van der Waals surface area contributed by atoms with Crippen molar-refractivity contribution in [2.45, 2.75) is 139 Å². The van der Waals surface area contributed by atoms with Crippen LogP contribution in [-0.4, -0.2) is 68.8 Å². The molecule has 0 bridgehead atoms. The van der Waals surface area contributed by atoms with E-state index in [0.717, 1.165) is 49.7 Å². The van der Waals surface area contributed by atoms with E-state index in [0.29, 0.717) is 23.0 Å². The molecular formula is C44H58CaO10S2. The van der Waals surface area contributed by atoms with Crippen molar-refractivity contribution >= 4 is 58.0 Å². The maximum Gasteiger partial charge on any atom is 2.00 e. The van der Waals surface area contributed by atoms with E-state index in [1.165, 1.54) is 132 Å². The van der Waals surface area contributed by atoms with E-state index in [9.17, 15) is 31.6 Å². The fourth-order valence-corrected chi connectivity index (χ4v) is 7.11. The summed E-state index contributed by atoms with van der Waals surface area (Å²) in [6.45, 7) is 4.43. The fraction of sp³-hybridized carbons (Fsp3) is 0.455. The van der Waals surface area contributed by atoms with Crippen molar-refractivity contribution in [2.75, 3.05) is 0 Å². The molecule has 0 saturated heterocycles. The first-order valence-electron chi connectivity index (χ1n) is 19.9. The Morgan fingerprint density at radius 2 is 0.877 bits per heavy atom. The number of rotatable bonds is 24. The van der Waals surface area contributed by atoms with Crippen LogP contribution in [0.25, 0.3) is 0 Å². The van der Waals surface area contributed by atoms with Gasteiger partial charge in [0.1, 0.15) is 38.9 Å². The summed E-state index contributed by atoms with van der Waals surface area (Å²) in [5, 5.41) is 22.1. The number of ether oxygens (including phenoxy) is 2. The van der Waals surface area contributed by atoms with Crippen LogP contribution < -0.4 is 14.6 Å². The van der Waals surface area contributed by atoms with Crippen molar-refractivity contribution in [1.82, 2.24) is 0 Å². The maximum absolute atomic E-state index is 12.1. The molecule has 0 atom stereocenters. The van der Waals surface area contributed by atoms with Crippen molar-refractivity contribution < 1.29 is 45.6 Å². The first-order chi connectivity index (χ1) is 26.8. The first kappa shape index (κ1) is 50.3. The first-order valence-corrected chi connectivity index (χ1v) is 22.8. The van der Waals surface area contributed by atoms with Crippen molar-refractivity contribution in [1.29, 1.82) is 0 Å². The quantitative estimate of drug-likeness (QED) is 0.0392. The van der Waals surface area contributed by atoms with E-state index < -0.39 is 20.2 Å². The molecule has 4 aromatic carbocycles. The summed E-state index contributed by atoms with van der Waals surface area (Å²) in [7, 11) is -8.69. The van der Waals surface area contributed by atoms with Gasteiger partial charge in [0.05, 0.1) is 9.79 Å². The van der Waals surface area contributed by atoms with E-state index in [2.05, 4.69) is 13.8 Å². The van der Waals surface area contributed by atoms with Crippen LogP contribution >= 0.6 is 0 Å². The predicted molar refractivity (Wildman–Crippen MR) is 223 cm³/mol. The van der Waals surface area contributed by atoms with Gasteiger partial charge in [0.25, 0.3) is 10.1 Å². The number of hydrogen-bond acceptors (Lipinski definition) is 9. The normalized spacial score (nSPS) is 11.3. The van der Waals surface area contributed by atoms with Crippen LogP contribution in [0.15, 0.2) is 94.7 Å². The van der Waals surface area contributed by atoms with E-state index in [4.69, 9.17) is 14.0 Å². The van der Waals surface area contributed by atoms with Crippen LogP contribution in [0.2, 0.25) is 0 Å². The van der Waals surface area contributed by atoms with Crippen molar-refractivity contribution in [3.63, 3.8) is 0 Å². The Morgan fingerprint density at radius 1 is 0.509 bits per heavy atom. The molecule has 0 unspecified atom stereocenters. The van der Waals surface area contributed by atoms with E-state index >= 15 is 0 Å². The summed E-state index contributed by atoms with van der Waals surface area (Å²) in [5.41, 5.74) is 1.57. The Labute approximate surface area is 370 Å². The van der Waals surface area contributed by atoms with Crippen molar-refractivity contribution in [2.24, 2.45) is 0 Å². The summed E-state index contributed by atoms with van der Waals surface area (Å²) >= 11 is 0. The van der Waals surface area contributed by atoms with Gasteiger partial charge in [-0.2, -0.15) is 8.42 Å². The van der Waals surface area contributed by atoms with Crippen molar-refractivity contribution in [3.8, 4) is 34.5 Å². The molecule has 57 heavy (non-hydrogen) atoms. The number of aryl methyl sites for hydroxylation is 2. The molecule has 0 aliphatic rings. The predicted octanol–water partition coefficient (Wildman–Crippen LogP) is 10.9. The van der Waals surface area contributed by atoms with Crippen LogP contribution in [0.3, 0.4) is 0 Å². The van der Waals surface area contributed by atoms with Gasteiger partial charge in [0.2, 0.25) is 0 Å².